The number of hydrogen-bond acceptors (Lipinski definition) is 2. The van der Waals surface area contributed by atoms with Gasteiger partial charge in [-0.25, -0.2) is 5.06 Å². The molecular formula is C15H21NO2. The Morgan fingerprint density at radius 3 is 2.50 bits per heavy atom. The third-order valence-corrected chi connectivity index (χ3v) is 3.65. The molecule has 0 aliphatic heterocycles. The average Bonchev–Trinajstić information content (AvgIpc) is 2.41. The van der Waals surface area contributed by atoms with Gasteiger partial charge in [-0.3, -0.25) is 10.0 Å². The van der Waals surface area contributed by atoms with Crippen molar-refractivity contribution in [1.29, 1.82) is 0 Å². The van der Waals surface area contributed by atoms with E-state index in [0.717, 1.165) is 23.5 Å². The Morgan fingerprint density at radius 1 is 1.17 bits per heavy atom. The molecule has 0 saturated heterocycles. The molecule has 1 fully saturated rings. The summed E-state index contributed by atoms with van der Waals surface area (Å²) in [6.07, 6.45) is 6.49. The van der Waals surface area contributed by atoms with Gasteiger partial charge < -0.3 is 0 Å². The van der Waals surface area contributed by atoms with Crippen molar-refractivity contribution >= 4 is 5.91 Å². The van der Waals surface area contributed by atoms with Crippen LogP contribution in [-0.4, -0.2) is 16.2 Å². The third-order valence-electron chi connectivity index (χ3n) is 3.65. The van der Waals surface area contributed by atoms with Crippen molar-refractivity contribution in [2.75, 3.05) is 0 Å². The van der Waals surface area contributed by atoms with Gasteiger partial charge in [-0.15, -0.1) is 0 Å². The summed E-state index contributed by atoms with van der Waals surface area (Å²) in [5.74, 6) is 0.322. The first-order chi connectivity index (χ1) is 8.75. The molecule has 3 nitrogen and oxygen atoms in total. The molecule has 0 atom stereocenters. The molecule has 1 aromatic rings. The van der Waals surface area contributed by atoms with E-state index in [9.17, 15) is 10.0 Å². The Morgan fingerprint density at radius 2 is 1.83 bits per heavy atom. The smallest absolute Gasteiger partial charge is 0.246 e. The fourth-order valence-corrected chi connectivity index (χ4v) is 2.59. The fourth-order valence-electron chi connectivity index (χ4n) is 2.59. The van der Waals surface area contributed by atoms with Crippen LogP contribution in [0.2, 0.25) is 0 Å². The molecule has 0 bridgehead atoms. The summed E-state index contributed by atoms with van der Waals surface area (Å²) in [7, 11) is 0. The molecule has 18 heavy (non-hydrogen) atoms. The Kier molecular flexibility index (Phi) is 4.76. The first-order valence-electron chi connectivity index (χ1n) is 6.79. The molecule has 1 aliphatic rings. The second-order valence-electron chi connectivity index (χ2n) is 5.15. The highest BCUT2D eigenvalue weighted by atomic mass is 16.5. The number of hydrogen-bond donors (Lipinski definition) is 1. The quantitative estimate of drug-likeness (QED) is 0.654. The van der Waals surface area contributed by atoms with Crippen LogP contribution >= 0.6 is 0 Å². The summed E-state index contributed by atoms with van der Waals surface area (Å²) in [5.41, 5.74) is 0.956. The Bertz CT molecular complexity index is 371. The second kappa shape index (κ2) is 6.55. The van der Waals surface area contributed by atoms with Crippen LogP contribution < -0.4 is 0 Å². The van der Waals surface area contributed by atoms with Crippen LogP contribution in [-0.2, 0) is 11.3 Å². The second-order valence-corrected chi connectivity index (χ2v) is 5.15. The van der Waals surface area contributed by atoms with Gasteiger partial charge in [0.1, 0.15) is 0 Å². The minimum Gasteiger partial charge on any atom is -0.286 e. The van der Waals surface area contributed by atoms with Gasteiger partial charge in [-0.05, 0) is 24.3 Å². The predicted molar refractivity (Wildman–Crippen MR) is 70.0 cm³/mol. The largest absolute Gasteiger partial charge is 0.286 e. The van der Waals surface area contributed by atoms with E-state index in [2.05, 4.69) is 0 Å². The molecule has 1 aliphatic carbocycles. The fraction of sp³-hybridized carbons (Fsp3) is 0.533. The maximum atomic E-state index is 11.9. The Balaban J connectivity index is 1.81. The maximum Gasteiger partial charge on any atom is 0.246 e. The zero-order valence-electron chi connectivity index (χ0n) is 10.7. The molecule has 0 heterocycles. The molecular weight excluding hydrogens is 226 g/mol. The van der Waals surface area contributed by atoms with Crippen LogP contribution in [0, 0.1) is 5.92 Å². The summed E-state index contributed by atoms with van der Waals surface area (Å²) in [4.78, 5) is 11.9. The van der Waals surface area contributed by atoms with Gasteiger partial charge in [-0.1, -0.05) is 49.6 Å². The number of carbonyl (C=O) groups excluding carboxylic acids is 1. The number of carbonyl (C=O) groups is 1. The Hall–Kier alpha value is -1.35. The van der Waals surface area contributed by atoms with Crippen LogP contribution in [0.4, 0.5) is 0 Å². The molecule has 0 aromatic heterocycles. The molecule has 0 unspecified atom stereocenters. The van der Waals surface area contributed by atoms with Crippen molar-refractivity contribution in [3.8, 4) is 0 Å². The van der Waals surface area contributed by atoms with E-state index in [-0.39, 0.29) is 12.5 Å². The number of benzene rings is 1. The van der Waals surface area contributed by atoms with Crippen molar-refractivity contribution < 1.29 is 10.0 Å². The van der Waals surface area contributed by atoms with Crippen LogP contribution in [0.15, 0.2) is 30.3 Å². The van der Waals surface area contributed by atoms with Crippen molar-refractivity contribution in [1.82, 2.24) is 5.06 Å². The zero-order chi connectivity index (χ0) is 12.8. The molecule has 0 spiro atoms. The van der Waals surface area contributed by atoms with Crippen molar-refractivity contribution in [2.24, 2.45) is 5.92 Å². The third kappa shape index (κ3) is 3.84. The van der Waals surface area contributed by atoms with Gasteiger partial charge in [0.2, 0.25) is 5.91 Å². The number of nitrogens with zero attached hydrogens (tertiary/aromatic N) is 1. The van der Waals surface area contributed by atoms with E-state index < -0.39 is 0 Å². The molecule has 1 aromatic carbocycles. The van der Waals surface area contributed by atoms with Crippen LogP contribution in [0.3, 0.4) is 0 Å². The molecule has 1 N–H and O–H groups in total. The maximum absolute atomic E-state index is 11.9. The number of hydroxylamine groups is 2. The zero-order valence-corrected chi connectivity index (χ0v) is 10.7. The monoisotopic (exact) mass is 247 g/mol. The summed E-state index contributed by atoms with van der Waals surface area (Å²) in [6, 6.07) is 9.58. The lowest BCUT2D eigenvalue weighted by Crippen LogP contribution is -2.29. The highest BCUT2D eigenvalue weighted by Gasteiger charge is 2.20. The van der Waals surface area contributed by atoms with Gasteiger partial charge in [0.15, 0.2) is 0 Å². The van der Waals surface area contributed by atoms with Crippen LogP contribution in [0.1, 0.15) is 44.1 Å². The van der Waals surface area contributed by atoms with Gasteiger partial charge in [-0.2, -0.15) is 0 Å². The lowest BCUT2D eigenvalue weighted by Gasteiger charge is -2.23. The summed E-state index contributed by atoms with van der Waals surface area (Å²) in [6.45, 7) is 0.284. The normalized spacial score (nSPS) is 16.5. The first kappa shape index (κ1) is 13.1. The van der Waals surface area contributed by atoms with E-state index in [1.54, 1.807) is 0 Å². The average molecular weight is 247 g/mol. The van der Waals surface area contributed by atoms with E-state index >= 15 is 0 Å². The van der Waals surface area contributed by atoms with E-state index in [1.807, 2.05) is 30.3 Å². The molecule has 0 radical (unpaired) electrons. The molecule has 2 rings (SSSR count). The first-order valence-corrected chi connectivity index (χ1v) is 6.79. The minimum absolute atomic E-state index is 0.147. The SMILES string of the molecule is O=C(CC1CCCCC1)N(O)Cc1ccccc1. The minimum atomic E-state index is -0.147. The van der Waals surface area contributed by atoms with E-state index in [1.165, 1.54) is 19.3 Å². The standard InChI is InChI=1S/C15H21NO2/c17-15(11-13-7-3-1-4-8-13)16(18)12-14-9-5-2-6-10-14/h2,5-6,9-10,13,18H,1,3-4,7-8,11-12H2. The van der Waals surface area contributed by atoms with Gasteiger partial charge in [0.25, 0.3) is 0 Å². The van der Waals surface area contributed by atoms with Crippen LogP contribution in [0.25, 0.3) is 0 Å². The summed E-state index contributed by atoms with van der Waals surface area (Å²) < 4.78 is 0. The number of amides is 1. The van der Waals surface area contributed by atoms with E-state index in [0.29, 0.717) is 12.3 Å². The van der Waals surface area contributed by atoms with Crippen molar-refractivity contribution in [2.45, 2.75) is 45.1 Å². The van der Waals surface area contributed by atoms with Gasteiger partial charge in [0, 0.05) is 6.42 Å². The molecule has 3 heteroatoms. The summed E-state index contributed by atoms with van der Waals surface area (Å²) >= 11 is 0. The van der Waals surface area contributed by atoms with Crippen LogP contribution in [0.5, 0.6) is 0 Å². The predicted octanol–water partition coefficient (Wildman–Crippen LogP) is 3.37. The highest BCUT2D eigenvalue weighted by molar-refractivity contribution is 5.75. The van der Waals surface area contributed by atoms with Crippen molar-refractivity contribution in [3.05, 3.63) is 35.9 Å². The lowest BCUT2D eigenvalue weighted by atomic mass is 9.87. The topological polar surface area (TPSA) is 40.5 Å². The lowest BCUT2D eigenvalue weighted by molar-refractivity contribution is -0.169. The molecule has 1 saturated carbocycles. The highest BCUT2D eigenvalue weighted by Crippen LogP contribution is 2.26. The Labute approximate surface area is 108 Å². The summed E-state index contributed by atoms with van der Waals surface area (Å²) in [5, 5.41) is 10.7. The number of rotatable bonds is 4. The van der Waals surface area contributed by atoms with Crippen molar-refractivity contribution in [3.63, 3.8) is 0 Å². The molecule has 98 valence electrons. The van der Waals surface area contributed by atoms with E-state index in [4.69, 9.17) is 0 Å². The van der Waals surface area contributed by atoms with Gasteiger partial charge >= 0.3 is 0 Å². The van der Waals surface area contributed by atoms with Gasteiger partial charge in [0.05, 0.1) is 6.54 Å². The molecule has 1 amide bonds.